The Kier molecular flexibility index (Phi) is 5.97. The van der Waals surface area contributed by atoms with Gasteiger partial charge in [-0.2, -0.15) is 0 Å². The lowest BCUT2D eigenvalue weighted by Crippen LogP contribution is -2.51. The lowest BCUT2D eigenvalue weighted by molar-refractivity contribution is 0.0583. The molecule has 1 fully saturated rings. The molecule has 1 aliphatic heterocycles. The number of nitrogens with two attached hydrogens (primary N) is 1. The van der Waals surface area contributed by atoms with Crippen LogP contribution < -0.4 is 5.73 Å². The third-order valence-corrected chi connectivity index (χ3v) is 6.78. The smallest absolute Gasteiger partial charge is 0.254 e. The summed E-state index contributed by atoms with van der Waals surface area (Å²) in [6, 6.07) is 15.3. The molecule has 5 nitrogen and oxygen atoms in total. The maximum atomic E-state index is 12.9. The number of benzene rings is 2. The summed E-state index contributed by atoms with van der Waals surface area (Å²) in [6.07, 6.45) is 2.96. The van der Waals surface area contributed by atoms with Crippen molar-refractivity contribution < 1.29 is 13.2 Å². The van der Waals surface area contributed by atoms with Crippen molar-refractivity contribution >= 4 is 15.7 Å². The van der Waals surface area contributed by atoms with E-state index in [2.05, 4.69) is 0 Å². The van der Waals surface area contributed by atoms with Crippen LogP contribution in [-0.4, -0.2) is 37.9 Å². The van der Waals surface area contributed by atoms with Gasteiger partial charge in [0.15, 0.2) is 9.84 Å². The summed E-state index contributed by atoms with van der Waals surface area (Å²) in [5.74, 6) is -0.135. The van der Waals surface area contributed by atoms with Gasteiger partial charge in [-0.05, 0) is 56.0 Å². The van der Waals surface area contributed by atoms with Crippen LogP contribution in [0.1, 0.15) is 42.1 Å². The topological polar surface area (TPSA) is 80.5 Å². The van der Waals surface area contributed by atoms with E-state index in [0.717, 1.165) is 24.8 Å². The minimum Gasteiger partial charge on any atom is -0.334 e. The predicted molar refractivity (Wildman–Crippen MR) is 106 cm³/mol. The van der Waals surface area contributed by atoms with Gasteiger partial charge in [0.1, 0.15) is 0 Å². The van der Waals surface area contributed by atoms with Gasteiger partial charge in [0, 0.05) is 24.2 Å². The number of likely N-dealkylation sites (tertiary alicyclic amines) is 1. The first-order valence-electron chi connectivity index (χ1n) is 9.32. The van der Waals surface area contributed by atoms with E-state index >= 15 is 0 Å². The van der Waals surface area contributed by atoms with Crippen LogP contribution in [0.3, 0.4) is 0 Å². The lowest BCUT2D eigenvalue weighted by Gasteiger charge is -2.38. The van der Waals surface area contributed by atoms with Crippen LogP contribution >= 0.6 is 0 Å². The van der Waals surface area contributed by atoms with Crippen LogP contribution in [0.15, 0.2) is 59.5 Å². The first-order chi connectivity index (χ1) is 12.9. The van der Waals surface area contributed by atoms with Gasteiger partial charge in [-0.3, -0.25) is 4.79 Å². The highest BCUT2D eigenvalue weighted by atomic mass is 32.2. The molecule has 1 saturated heterocycles. The van der Waals surface area contributed by atoms with Crippen LogP contribution in [0.25, 0.3) is 0 Å². The van der Waals surface area contributed by atoms with Crippen LogP contribution in [0, 0.1) is 0 Å². The molecular weight excluding hydrogens is 360 g/mol. The monoisotopic (exact) mass is 386 g/mol. The minimum atomic E-state index is -3.45. The van der Waals surface area contributed by atoms with Gasteiger partial charge in [0.25, 0.3) is 5.91 Å². The molecule has 2 aromatic rings. The van der Waals surface area contributed by atoms with Gasteiger partial charge in [-0.15, -0.1) is 0 Å². The van der Waals surface area contributed by atoms with Crippen LogP contribution in [-0.2, 0) is 15.6 Å². The number of carbonyl (C=O) groups is 1. The zero-order chi connectivity index (χ0) is 19.4. The molecule has 0 aromatic heterocycles. The van der Waals surface area contributed by atoms with E-state index in [0.29, 0.717) is 12.1 Å². The molecular formula is C21H26N2O3S. The average molecular weight is 387 g/mol. The molecule has 1 aliphatic rings. The number of piperidine rings is 1. The zero-order valence-corrected chi connectivity index (χ0v) is 16.4. The van der Waals surface area contributed by atoms with Gasteiger partial charge >= 0.3 is 0 Å². The molecule has 0 radical (unpaired) electrons. The highest BCUT2D eigenvalue weighted by molar-refractivity contribution is 7.90. The van der Waals surface area contributed by atoms with Gasteiger partial charge in [0.05, 0.1) is 10.6 Å². The molecule has 6 heteroatoms. The van der Waals surface area contributed by atoms with Crippen molar-refractivity contribution in [1.82, 2.24) is 4.90 Å². The first kappa shape index (κ1) is 19.6. The Bertz CT molecular complexity index is 877. The van der Waals surface area contributed by atoms with Gasteiger partial charge in [-0.25, -0.2) is 8.42 Å². The Morgan fingerprint density at radius 2 is 1.78 bits per heavy atom. The fourth-order valence-corrected chi connectivity index (χ4v) is 4.95. The lowest BCUT2D eigenvalue weighted by atomic mass is 9.96. The van der Waals surface area contributed by atoms with Crippen molar-refractivity contribution in [3.8, 4) is 0 Å². The fraction of sp³-hybridized carbons (Fsp3) is 0.381. The number of amides is 1. The van der Waals surface area contributed by atoms with E-state index in [-0.39, 0.29) is 28.6 Å². The molecule has 2 aromatic carbocycles. The third-order valence-electron chi connectivity index (χ3n) is 5.08. The zero-order valence-electron chi connectivity index (χ0n) is 15.5. The van der Waals surface area contributed by atoms with E-state index < -0.39 is 9.84 Å². The molecule has 2 unspecified atom stereocenters. The minimum absolute atomic E-state index is 0.0349. The van der Waals surface area contributed by atoms with E-state index in [1.807, 2.05) is 30.0 Å². The molecule has 1 amide bonds. The Hall–Kier alpha value is -2.18. The molecule has 2 N–H and O–H groups in total. The van der Waals surface area contributed by atoms with Crippen LogP contribution in [0.2, 0.25) is 0 Å². The predicted octanol–water partition coefficient (Wildman–Crippen LogP) is 3.00. The van der Waals surface area contributed by atoms with Crippen molar-refractivity contribution in [2.75, 3.05) is 6.54 Å². The summed E-state index contributed by atoms with van der Waals surface area (Å²) >= 11 is 0. The van der Waals surface area contributed by atoms with Crippen LogP contribution in [0.4, 0.5) is 0 Å². The SMILES string of the molecule is CC(N)C1CCCCN1C(=O)c1ccc(S(=O)(=O)Cc2ccccc2)cc1. The summed E-state index contributed by atoms with van der Waals surface area (Å²) < 4.78 is 25.2. The van der Waals surface area contributed by atoms with Crippen LogP contribution in [0.5, 0.6) is 0 Å². The average Bonchev–Trinajstić information content (AvgIpc) is 2.68. The standard InChI is InChI=1S/C21H26N2O3S/c1-16(22)20-9-5-6-14-23(20)21(24)18-10-12-19(13-11-18)27(25,26)15-17-7-3-2-4-8-17/h2-4,7-8,10-13,16,20H,5-6,9,14-15,22H2,1H3. The third kappa shape index (κ3) is 4.57. The maximum Gasteiger partial charge on any atom is 0.254 e. The summed E-state index contributed by atoms with van der Waals surface area (Å²) in [7, 11) is -3.45. The van der Waals surface area contributed by atoms with Crippen molar-refractivity contribution in [2.45, 2.75) is 48.9 Å². The fourth-order valence-electron chi connectivity index (χ4n) is 3.60. The largest absolute Gasteiger partial charge is 0.334 e. The number of hydrogen-bond donors (Lipinski definition) is 1. The highest BCUT2D eigenvalue weighted by Crippen LogP contribution is 2.23. The molecule has 2 atom stereocenters. The van der Waals surface area contributed by atoms with Crippen molar-refractivity contribution in [1.29, 1.82) is 0 Å². The molecule has 0 bridgehead atoms. The number of hydrogen-bond acceptors (Lipinski definition) is 4. The second-order valence-electron chi connectivity index (χ2n) is 7.19. The number of nitrogens with zero attached hydrogens (tertiary/aromatic N) is 1. The van der Waals surface area contributed by atoms with Crippen molar-refractivity contribution in [2.24, 2.45) is 5.73 Å². The summed E-state index contributed by atoms with van der Waals surface area (Å²) in [5, 5.41) is 0. The summed E-state index contributed by atoms with van der Waals surface area (Å²) in [4.78, 5) is 14.9. The van der Waals surface area contributed by atoms with Gasteiger partial charge in [-0.1, -0.05) is 30.3 Å². The Balaban J connectivity index is 1.77. The van der Waals surface area contributed by atoms with E-state index in [4.69, 9.17) is 5.73 Å². The molecule has 144 valence electrons. The van der Waals surface area contributed by atoms with Crippen molar-refractivity contribution in [3.05, 3.63) is 65.7 Å². The Morgan fingerprint density at radius 3 is 2.41 bits per heavy atom. The van der Waals surface area contributed by atoms with E-state index in [1.165, 1.54) is 12.1 Å². The molecule has 27 heavy (non-hydrogen) atoms. The van der Waals surface area contributed by atoms with E-state index in [1.54, 1.807) is 24.3 Å². The van der Waals surface area contributed by atoms with Crippen molar-refractivity contribution in [3.63, 3.8) is 0 Å². The normalized spacial score (nSPS) is 18.9. The van der Waals surface area contributed by atoms with E-state index in [9.17, 15) is 13.2 Å². The van der Waals surface area contributed by atoms with Gasteiger partial charge in [0.2, 0.25) is 0 Å². The number of sulfone groups is 1. The Morgan fingerprint density at radius 1 is 1.11 bits per heavy atom. The highest BCUT2D eigenvalue weighted by Gasteiger charge is 2.30. The maximum absolute atomic E-state index is 12.9. The first-order valence-corrected chi connectivity index (χ1v) is 11.0. The Labute approximate surface area is 161 Å². The number of carbonyl (C=O) groups excluding carboxylic acids is 1. The second-order valence-corrected chi connectivity index (χ2v) is 9.18. The molecule has 0 spiro atoms. The molecule has 0 aliphatic carbocycles. The summed E-state index contributed by atoms with van der Waals surface area (Å²) in [5.41, 5.74) is 7.30. The molecule has 1 heterocycles. The quantitative estimate of drug-likeness (QED) is 0.857. The van der Waals surface area contributed by atoms with Gasteiger partial charge < -0.3 is 10.6 Å². The second kappa shape index (κ2) is 8.23. The summed E-state index contributed by atoms with van der Waals surface area (Å²) in [6.45, 7) is 2.62. The molecule has 3 rings (SSSR count). The molecule has 0 saturated carbocycles. The number of rotatable bonds is 5.